The zero-order chi connectivity index (χ0) is 17.8. The Morgan fingerprint density at radius 3 is 2.32 bits per heavy atom. The third-order valence-corrected chi connectivity index (χ3v) is 4.20. The fourth-order valence-corrected chi connectivity index (χ4v) is 2.86. The molecule has 0 radical (unpaired) electrons. The Morgan fingerprint density at radius 1 is 0.800 bits per heavy atom. The predicted molar refractivity (Wildman–Crippen MR) is 102 cm³/mol. The van der Waals surface area contributed by atoms with Crippen LogP contribution in [0.1, 0.15) is 34.3 Å². The van der Waals surface area contributed by atoms with Gasteiger partial charge in [-0.2, -0.15) is 0 Å². The normalized spacial score (nSPS) is 10.6. The lowest BCUT2D eigenvalue weighted by Gasteiger charge is -2.07. The second-order valence-electron chi connectivity index (χ2n) is 6.41. The van der Waals surface area contributed by atoms with Gasteiger partial charge in [0.25, 0.3) is 0 Å². The summed E-state index contributed by atoms with van der Waals surface area (Å²) in [7, 11) is 0. The molecule has 0 atom stereocenters. The van der Waals surface area contributed by atoms with E-state index in [0.29, 0.717) is 5.56 Å². The Kier molecular flexibility index (Phi) is 4.94. The van der Waals surface area contributed by atoms with Gasteiger partial charge in [-0.25, -0.2) is 0 Å². The molecule has 3 aromatic carbocycles. The number of nitrogens with one attached hydrogen (secondary N) is 1. The highest BCUT2D eigenvalue weighted by atomic mass is 16.2. The van der Waals surface area contributed by atoms with Crippen LogP contribution < -0.4 is 5.32 Å². The summed E-state index contributed by atoms with van der Waals surface area (Å²) in [6, 6.07) is 19.5. The molecule has 0 heterocycles. The van der Waals surface area contributed by atoms with Crippen molar-refractivity contribution in [3.8, 4) is 0 Å². The summed E-state index contributed by atoms with van der Waals surface area (Å²) < 4.78 is 0. The minimum Gasteiger partial charge on any atom is -0.326 e. The molecule has 0 saturated heterocycles. The number of hydrogen-bond donors (Lipinski definition) is 1. The zero-order valence-electron chi connectivity index (χ0n) is 14.5. The SMILES string of the molecule is Cc1cccc(NC(=O)CCC(=O)c2ccc3cc(C)ccc3c2)c1. The van der Waals surface area contributed by atoms with Crippen molar-refractivity contribution in [2.24, 2.45) is 0 Å². The molecule has 0 saturated carbocycles. The van der Waals surface area contributed by atoms with Gasteiger partial charge in [0.15, 0.2) is 5.78 Å². The molecule has 3 heteroatoms. The highest BCUT2D eigenvalue weighted by molar-refractivity contribution is 6.02. The van der Waals surface area contributed by atoms with Crippen molar-refractivity contribution in [1.29, 1.82) is 0 Å². The summed E-state index contributed by atoms with van der Waals surface area (Å²) in [5.74, 6) is -0.155. The number of amides is 1. The number of carbonyl (C=O) groups excluding carboxylic acids is 2. The minimum absolute atomic E-state index is 0.0122. The maximum atomic E-state index is 12.4. The van der Waals surface area contributed by atoms with Crippen molar-refractivity contribution in [2.45, 2.75) is 26.7 Å². The summed E-state index contributed by atoms with van der Waals surface area (Å²) in [5, 5.41) is 5.00. The molecular formula is C22H21NO2. The number of carbonyl (C=O) groups is 2. The molecule has 0 aliphatic carbocycles. The second-order valence-corrected chi connectivity index (χ2v) is 6.41. The van der Waals surface area contributed by atoms with Crippen LogP contribution in [0.4, 0.5) is 5.69 Å². The van der Waals surface area contributed by atoms with Crippen LogP contribution in [-0.2, 0) is 4.79 Å². The van der Waals surface area contributed by atoms with Gasteiger partial charge in [0.1, 0.15) is 0 Å². The van der Waals surface area contributed by atoms with Gasteiger partial charge in [-0.15, -0.1) is 0 Å². The van der Waals surface area contributed by atoms with Crippen LogP contribution in [0, 0.1) is 13.8 Å². The van der Waals surface area contributed by atoms with E-state index in [1.54, 1.807) is 0 Å². The average Bonchev–Trinajstić information content (AvgIpc) is 2.59. The second kappa shape index (κ2) is 7.31. The smallest absolute Gasteiger partial charge is 0.224 e. The first kappa shape index (κ1) is 16.9. The summed E-state index contributed by atoms with van der Waals surface area (Å²) >= 11 is 0. The average molecular weight is 331 g/mol. The number of ketones is 1. The van der Waals surface area contributed by atoms with Gasteiger partial charge < -0.3 is 5.32 Å². The van der Waals surface area contributed by atoms with Crippen molar-refractivity contribution in [3.05, 3.63) is 77.4 Å². The molecule has 0 bridgehead atoms. The van der Waals surface area contributed by atoms with Gasteiger partial charge in [-0.1, -0.05) is 48.0 Å². The van der Waals surface area contributed by atoms with Crippen molar-refractivity contribution < 1.29 is 9.59 Å². The molecule has 0 aliphatic rings. The molecule has 1 N–H and O–H groups in total. The molecule has 0 spiro atoms. The van der Waals surface area contributed by atoms with E-state index in [4.69, 9.17) is 0 Å². The lowest BCUT2D eigenvalue weighted by Crippen LogP contribution is -2.13. The number of Topliss-reactive ketones (excluding diaryl/α,β-unsaturated/α-hetero) is 1. The quantitative estimate of drug-likeness (QED) is 0.664. The summed E-state index contributed by atoms with van der Waals surface area (Å²) in [4.78, 5) is 24.4. The first-order chi connectivity index (χ1) is 12.0. The van der Waals surface area contributed by atoms with Crippen molar-refractivity contribution in [1.82, 2.24) is 0 Å². The number of benzene rings is 3. The maximum absolute atomic E-state index is 12.4. The lowest BCUT2D eigenvalue weighted by atomic mass is 10.0. The Labute approximate surface area is 147 Å². The molecule has 0 fully saturated rings. The van der Waals surface area contributed by atoms with E-state index in [1.807, 2.05) is 68.4 Å². The molecule has 0 aliphatic heterocycles. The number of hydrogen-bond acceptors (Lipinski definition) is 2. The number of fused-ring (bicyclic) bond motifs is 1. The third-order valence-electron chi connectivity index (χ3n) is 4.20. The van der Waals surface area contributed by atoms with Crippen LogP contribution in [0.2, 0.25) is 0 Å². The van der Waals surface area contributed by atoms with Crippen LogP contribution in [-0.4, -0.2) is 11.7 Å². The fraction of sp³-hybridized carbons (Fsp3) is 0.182. The zero-order valence-corrected chi connectivity index (χ0v) is 14.5. The van der Waals surface area contributed by atoms with Crippen molar-refractivity contribution >= 4 is 28.2 Å². The van der Waals surface area contributed by atoms with E-state index in [9.17, 15) is 9.59 Å². The molecule has 25 heavy (non-hydrogen) atoms. The molecule has 3 rings (SSSR count). The van der Waals surface area contributed by atoms with Crippen LogP contribution in [0.3, 0.4) is 0 Å². The Hall–Kier alpha value is -2.94. The fourth-order valence-electron chi connectivity index (χ4n) is 2.86. The van der Waals surface area contributed by atoms with Crippen molar-refractivity contribution in [3.63, 3.8) is 0 Å². The molecule has 3 nitrogen and oxygen atoms in total. The Morgan fingerprint density at radius 2 is 1.52 bits per heavy atom. The van der Waals surface area contributed by atoms with E-state index >= 15 is 0 Å². The van der Waals surface area contributed by atoms with Gasteiger partial charge in [0, 0.05) is 24.1 Å². The van der Waals surface area contributed by atoms with Gasteiger partial charge in [0.05, 0.1) is 0 Å². The van der Waals surface area contributed by atoms with Crippen LogP contribution in [0.25, 0.3) is 10.8 Å². The maximum Gasteiger partial charge on any atom is 0.224 e. The number of anilines is 1. The molecule has 0 aromatic heterocycles. The topological polar surface area (TPSA) is 46.2 Å². The van der Waals surface area contributed by atoms with E-state index in [-0.39, 0.29) is 24.5 Å². The monoisotopic (exact) mass is 331 g/mol. The van der Waals surface area contributed by atoms with E-state index in [0.717, 1.165) is 22.0 Å². The lowest BCUT2D eigenvalue weighted by molar-refractivity contribution is -0.116. The summed E-state index contributed by atoms with van der Waals surface area (Å²) in [6.45, 7) is 4.02. The van der Waals surface area contributed by atoms with Crippen LogP contribution in [0.5, 0.6) is 0 Å². The van der Waals surface area contributed by atoms with E-state index < -0.39 is 0 Å². The first-order valence-electron chi connectivity index (χ1n) is 8.41. The van der Waals surface area contributed by atoms with Crippen LogP contribution >= 0.6 is 0 Å². The predicted octanol–water partition coefficient (Wildman–Crippen LogP) is 5.06. The standard InChI is InChI=1S/C22H21NO2/c1-15-4-3-5-20(13-15)23-22(25)11-10-21(24)19-9-8-17-12-16(2)6-7-18(17)14-19/h3-9,12-14H,10-11H2,1-2H3,(H,23,25). The highest BCUT2D eigenvalue weighted by Gasteiger charge is 2.10. The highest BCUT2D eigenvalue weighted by Crippen LogP contribution is 2.19. The van der Waals surface area contributed by atoms with E-state index in [2.05, 4.69) is 11.4 Å². The van der Waals surface area contributed by atoms with Gasteiger partial charge in [-0.3, -0.25) is 9.59 Å². The summed E-state index contributed by atoms with van der Waals surface area (Å²) in [5.41, 5.74) is 3.69. The van der Waals surface area contributed by atoms with Crippen molar-refractivity contribution in [2.75, 3.05) is 5.32 Å². The Bertz CT molecular complexity index is 944. The molecule has 126 valence electrons. The largest absolute Gasteiger partial charge is 0.326 e. The minimum atomic E-state index is -0.143. The number of rotatable bonds is 5. The van der Waals surface area contributed by atoms with Gasteiger partial charge >= 0.3 is 0 Å². The third kappa shape index (κ3) is 4.32. The Balaban J connectivity index is 1.62. The van der Waals surface area contributed by atoms with E-state index in [1.165, 1.54) is 5.56 Å². The molecule has 1 amide bonds. The molecule has 3 aromatic rings. The van der Waals surface area contributed by atoms with Crippen LogP contribution in [0.15, 0.2) is 60.7 Å². The number of aryl methyl sites for hydroxylation is 2. The summed E-state index contributed by atoms with van der Waals surface area (Å²) in [6.07, 6.45) is 0.383. The first-order valence-corrected chi connectivity index (χ1v) is 8.41. The molecular weight excluding hydrogens is 310 g/mol. The van der Waals surface area contributed by atoms with Gasteiger partial charge in [-0.05, 0) is 48.4 Å². The molecule has 0 unspecified atom stereocenters. The van der Waals surface area contributed by atoms with Gasteiger partial charge in [0.2, 0.25) is 5.91 Å².